The first-order valence-corrected chi connectivity index (χ1v) is 6.48. The van der Waals surface area contributed by atoms with E-state index >= 15 is 0 Å². The number of benzene rings is 2. The van der Waals surface area contributed by atoms with Crippen molar-refractivity contribution >= 4 is 6.29 Å². The van der Waals surface area contributed by atoms with E-state index in [2.05, 4.69) is 12.1 Å². The smallest absolute Gasteiger partial charge is 0.168 e. The molecule has 0 N–H and O–H groups in total. The van der Waals surface area contributed by atoms with Gasteiger partial charge in [-0.05, 0) is 11.6 Å². The van der Waals surface area contributed by atoms with Gasteiger partial charge in [0, 0.05) is 12.0 Å². The van der Waals surface area contributed by atoms with Gasteiger partial charge in [0.15, 0.2) is 11.5 Å². The number of ether oxygens (including phenoxy) is 2. The van der Waals surface area contributed by atoms with E-state index in [4.69, 9.17) is 9.47 Å². The van der Waals surface area contributed by atoms with Crippen molar-refractivity contribution in [2.24, 2.45) is 0 Å². The molecule has 106 valence electrons. The van der Waals surface area contributed by atoms with Crippen LogP contribution in [0.5, 0.6) is 11.5 Å². The molecule has 20 heavy (non-hydrogen) atoms. The van der Waals surface area contributed by atoms with Gasteiger partial charge in [0.1, 0.15) is 6.29 Å². The molecule has 2 aromatic carbocycles. The highest BCUT2D eigenvalue weighted by Crippen LogP contribution is 2.37. The number of hydrogen-bond acceptors (Lipinski definition) is 3. The van der Waals surface area contributed by atoms with Crippen LogP contribution in [0, 0.1) is 0 Å². The molecule has 3 heteroatoms. The Labute approximate surface area is 120 Å². The zero-order valence-corrected chi connectivity index (χ0v) is 12.1. The van der Waals surface area contributed by atoms with Crippen molar-refractivity contribution in [1.29, 1.82) is 0 Å². The molecule has 2 rings (SSSR count). The molecule has 0 aliphatic carbocycles. The van der Waals surface area contributed by atoms with Gasteiger partial charge in [-0.15, -0.1) is 0 Å². The average molecular weight is 272 g/mol. The molecule has 0 fully saturated rings. The summed E-state index contributed by atoms with van der Waals surface area (Å²) in [6, 6.07) is 16.0. The third-order valence-electron chi connectivity index (χ3n) is 2.65. The van der Waals surface area contributed by atoms with Crippen molar-refractivity contribution in [3.05, 3.63) is 48.5 Å². The van der Waals surface area contributed by atoms with Crippen molar-refractivity contribution in [2.75, 3.05) is 14.2 Å². The minimum absolute atomic E-state index is 0.639. The standard InChI is InChI=1S/C14H14O2.C3H6O/c1-15-13-10-6-9-12(14(13)16-2)11-7-4-3-5-8-11;1-2-3-4/h3-10H,1-2H3;3H,2H2,1H3. The SMILES string of the molecule is CCC=O.COc1cccc(-c2ccccc2)c1OC. The van der Waals surface area contributed by atoms with Crippen molar-refractivity contribution in [3.8, 4) is 22.6 Å². The maximum absolute atomic E-state index is 9.17. The van der Waals surface area contributed by atoms with E-state index in [0.29, 0.717) is 6.42 Å². The number of para-hydroxylation sites is 1. The van der Waals surface area contributed by atoms with Crippen LogP contribution in [0.25, 0.3) is 11.1 Å². The second-order valence-corrected chi connectivity index (χ2v) is 3.98. The zero-order chi connectivity index (χ0) is 14.8. The zero-order valence-electron chi connectivity index (χ0n) is 12.1. The van der Waals surface area contributed by atoms with E-state index in [9.17, 15) is 4.79 Å². The van der Waals surface area contributed by atoms with Gasteiger partial charge in [-0.1, -0.05) is 49.4 Å². The summed E-state index contributed by atoms with van der Waals surface area (Å²) in [4.78, 5) is 9.17. The van der Waals surface area contributed by atoms with E-state index in [0.717, 1.165) is 28.9 Å². The molecule has 0 atom stereocenters. The number of rotatable bonds is 4. The van der Waals surface area contributed by atoms with E-state index in [1.54, 1.807) is 14.2 Å². The summed E-state index contributed by atoms with van der Waals surface area (Å²) in [6.07, 6.45) is 1.51. The van der Waals surface area contributed by atoms with Gasteiger partial charge < -0.3 is 14.3 Å². The van der Waals surface area contributed by atoms with Crippen LogP contribution >= 0.6 is 0 Å². The van der Waals surface area contributed by atoms with Gasteiger partial charge in [-0.3, -0.25) is 0 Å². The number of carbonyl (C=O) groups excluding carboxylic acids is 1. The Morgan fingerprint density at radius 2 is 1.60 bits per heavy atom. The predicted octanol–water partition coefficient (Wildman–Crippen LogP) is 3.97. The molecule has 0 aromatic heterocycles. The fraction of sp³-hybridized carbons (Fsp3) is 0.235. The lowest BCUT2D eigenvalue weighted by atomic mass is 10.0. The van der Waals surface area contributed by atoms with Crippen LogP contribution in [-0.4, -0.2) is 20.5 Å². The molecule has 0 bridgehead atoms. The first-order valence-electron chi connectivity index (χ1n) is 6.48. The highest BCUT2D eigenvalue weighted by molar-refractivity contribution is 5.73. The van der Waals surface area contributed by atoms with Crippen LogP contribution in [0.2, 0.25) is 0 Å². The molecule has 0 amide bonds. The molecule has 0 heterocycles. The lowest BCUT2D eigenvalue weighted by molar-refractivity contribution is -0.107. The van der Waals surface area contributed by atoms with Gasteiger partial charge in [-0.2, -0.15) is 0 Å². The lowest BCUT2D eigenvalue weighted by Crippen LogP contribution is -1.92. The third kappa shape index (κ3) is 4.12. The Bertz CT molecular complexity index is 521. The summed E-state index contributed by atoms with van der Waals surface area (Å²) < 4.78 is 10.7. The molecule has 0 aliphatic heterocycles. The molecule has 0 unspecified atom stereocenters. The molecular formula is C17H20O3. The number of methoxy groups -OCH3 is 2. The van der Waals surface area contributed by atoms with Gasteiger partial charge >= 0.3 is 0 Å². The van der Waals surface area contributed by atoms with E-state index in [1.165, 1.54) is 0 Å². The van der Waals surface area contributed by atoms with Gasteiger partial charge in [-0.25, -0.2) is 0 Å². The summed E-state index contributed by atoms with van der Waals surface area (Å²) >= 11 is 0. The Kier molecular flexibility index (Phi) is 6.90. The third-order valence-corrected chi connectivity index (χ3v) is 2.65. The van der Waals surface area contributed by atoms with Crippen molar-refractivity contribution in [1.82, 2.24) is 0 Å². The topological polar surface area (TPSA) is 35.5 Å². The maximum Gasteiger partial charge on any atom is 0.168 e. The quantitative estimate of drug-likeness (QED) is 0.790. The van der Waals surface area contributed by atoms with Gasteiger partial charge in [0.2, 0.25) is 0 Å². The van der Waals surface area contributed by atoms with Crippen molar-refractivity contribution in [3.63, 3.8) is 0 Å². The van der Waals surface area contributed by atoms with Gasteiger partial charge in [0.05, 0.1) is 14.2 Å². The molecule has 0 radical (unpaired) electrons. The van der Waals surface area contributed by atoms with Crippen molar-refractivity contribution < 1.29 is 14.3 Å². The Morgan fingerprint density at radius 1 is 0.950 bits per heavy atom. The lowest BCUT2D eigenvalue weighted by Gasteiger charge is -2.12. The highest BCUT2D eigenvalue weighted by Gasteiger charge is 2.10. The van der Waals surface area contributed by atoms with Crippen LogP contribution in [0.3, 0.4) is 0 Å². The van der Waals surface area contributed by atoms with Crippen LogP contribution in [0.1, 0.15) is 13.3 Å². The molecule has 2 aromatic rings. The van der Waals surface area contributed by atoms with Crippen LogP contribution in [0.15, 0.2) is 48.5 Å². The van der Waals surface area contributed by atoms with E-state index in [-0.39, 0.29) is 0 Å². The molecule has 0 spiro atoms. The Balaban J connectivity index is 0.000000444. The summed E-state index contributed by atoms with van der Waals surface area (Å²) in [5, 5.41) is 0. The van der Waals surface area contributed by atoms with Crippen LogP contribution < -0.4 is 9.47 Å². The highest BCUT2D eigenvalue weighted by atomic mass is 16.5. The first-order chi connectivity index (χ1) is 9.78. The maximum atomic E-state index is 9.17. The van der Waals surface area contributed by atoms with Crippen molar-refractivity contribution in [2.45, 2.75) is 13.3 Å². The summed E-state index contributed by atoms with van der Waals surface area (Å²) in [6.45, 7) is 1.81. The molecule has 0 saturated carbocycles. The second-order valence-electron chi connectivity index (χ2n) is 3.98. The van der Waals surface area contributed by atoms with Gasteiger partial charge in [0.25, 0.3) is 0 Å². The summed E-state index contributed by atoms with van der Waals surface area (Å²) in [7, 11) is 3.30. The van der Waals surface area contributed by atoms with Crippen LogP contribution in [-0.2, 0) is 4.79 Å². The molecular weight excluding hydrogens is 252 g/mol. The van der Waals surface area contributed by atoms with Crippen LogP contribution in [0.4, 0.5) is 0 Å². The largest absolute Gasteiger partial charge is 0.493 e. The van der Waals surface area contributed by atoms with E-state index in [1.807, 2.05) is 43.3 Å². The monoisotopic (exact) mass is 272 g/mol. The summed E-state index contributed by atoms with van der Waals surface area (Å²) in [5.74, 6) is 1.53. The number of hydrogen-bond donors (Lipinski definition) is 0. The Hall–Kier alpha value is -2.29. The second kappa shape index (κ2) is 8.75. The minimum atomic E-state index is 0.639. The van der Waals surface area contributed by atoms with E-state index < -0.39 is 0 Å². The fourth-order valence-corrected chi connectivity index (χ4v) is 1.73. The Morgan fingerprint density at radius 3 is 2.10 bits per heavy atom. The normalized spacial score (nSPS) is 9.15. The first kappa shape index (κ1) is 15.8. The fourth-order valence-electron chi connectivity index (χ4n) is 1.73. The average Bonchev–Trinajstić information content (AvgIpc) is 2.55. The minimum Gasteiger partial charge on any atom is -0.493 e. The summed E-state index contributed by atoms with van der Waals surface area (Å²) in [5.41, 5.74) is 2.17. The number of aldehydes is 1. The molecule has 0 saturated heterocycles. The molecule has 0 aliphatic rings. The predicted molar refractivity (Wildman–Crippen MR) is 81.3 cm³/mol. The number of carbonyl (C=O) groups is 1. The molecule has 3 nitrogen and oxygen atoms in total.